The van der Waals surface area contributed by atoms with E-state index < -0.39 is 0 Å². The van der Waals surface area contributed by atoms with Gasteiger partial charge in [-0.05, 0) is 31.0 Å². The molecule has 0 fully saturated rings. The van der Waals surface area contributed by atoms with Gasteiger partial charge < -0.3 is 10.3 Å². The highest BCUT2D eigenvalue weighted by Crippen LogP contribution is 2.22. The van der Waals surface area contributed by atoms with Crippen molar-refractivity contribution < 1.29 is 0 Å². The first kappa shape index (κ1) is 12.2. The minimum atomic E-state index is 0.725. The van der Waals surface area contributed by atoms with Gasteiger partial charge in [0.15, 0.2) is 0 Å². The fourth-order valence-electron chi connectivity index (χ4n) is 2.39. The summed E-state index contributed by atoms with van der Waals surface area (Å²) in [5.41, 5.74) is 8.42. The second-order valence-corrected chi connectivity index (χ2v) is 4.61. The zero-order chi connectivity index (χ0) is 12.1. The Labute approximate surface area is 103 Å². The average molecular weight is 230 g/mol. The van der Waals surface area contributed by atoms with E-state index in [2.05, 4.69) is 42.0 Å². The third-order valence-electron chi connectivity index (χ3n) is 3.29. The maximum absolute atomic E-state index is 5.67. The topological polar surface area (TPSA) is 30.9 Å². The van der Waals surface area contributed by atoms with E-state index >= 15 is 0 Å². The molecule has 0 spiro atoms. The summed E-state index contributed by atoms with van der Waals surface area (Å²) < 4.78 is 2.38. The van der Waals surface area contributed by atoms with Crippen LogP contribution in [0.15, 0.2) is 30.5 Å². The van der Waals surface area contributed by atoms with E-state index in [9.17, 15) is 0 Å². The molecule has 2 N–H and O–H groups in total. The van der Waals surface area contributed by atoms with E-state index in [0.717, 1.165) is 19.5 Å². The van der Waals surface area contributed by atoms with Crippen molar-refractivity contribution in [2.45, 2.75) is 39.2 Å². The average Bonchev–Trinajstić information content (AvgIpc) is 2.70. The lowest BCUT2D eigenvalue weighted by molar-refractivity contribution is 0.615. The smallest absolute Gasteiger partial charge is 0.0483 e. The van der Waals surface area contributed by atoms with E-state index in [-0.39, 0.29) is 0 Å². The largest absolute Gasteiger partial charge is 0.347 e. The molecule has 0 unspecified atom stereocenters. The van der Waals surface area contributed by atoms with Gasteiger partial charge >= 0.3 is 0 Å². The second kappa shape index (κ2) is 5.87. The second-order valence-electron chi connectivity index (χ2n) is 4.61. The summed E-state index contributed by atoms with van der Waals surface area (Å²) in [5, 5.41) is 1.37. The number of fused-ring (bicyclic) bond motifs is 1. The Morgan fingerprint density at radius 1 is 1.18 bits per heavy atom. The van der Waals surface area contributed by atoms with Crippen LogP contribution in [0.5, 0.6) is 0 Å². The molecule has 2 rings (SSSR count). The van der Waals surface area contributed by atoms with Crippen LogP contribution < -0.4 is 5.73 Å². The normalized spacial score (nSPS) is 11.2. The molecule has 2 heteroatoms. The Hall–Kier alpha value is -1.28. The Kier molecular flexibility index (Phi) is 4.21. The van der Waals surface area contributed by atoms with E-state index in [1.54, 1.807) is 0 Å². The lowest BCUT2D eigenvalue weighted by Crippen LogP contribution is -2.02. The van der Waals surface area contributed by atoms with Crippen molar-refractivity contribution >= 4 is 10.9 Å². The van der Waals surface area contributed by atoms with Crippen molar-refractivity contribution in [2.24, 2.45) is 5.73 Å². The Bertz CT molecular complexity index is 471. The third kappa shape index (κ3) is 2.70. The molecule has 0 atom stereocenters. The molecule has 92 valence electrons. The molecule has 0 aliphatic rings. The zero-order valence-corrected chi connectivity index (χ0v) is 10.7. The molecule has 1 aromatic carbocycles. The van der Waals surface area contributed by atoms with Gasteiger partial charge in [0, 0.05) is 23.6 Å². The number of aromatic nitrogens is 1. The van der Waals surface area contributed by atoms with Crippen LogP contribution in [-0.4, -0.2) is 11.1 Å². The highest BCUT2D eigenvalue weighted by atomic mass is 15.0. The standard InChI is InChI=1S/C15H22N2/c1-2-3-6-11-17-12-13(9-10-16)14-7-4-5-8-15(14)17/h4-5,7-8,12H,2-3,6,9-11,16H2,1H3. The molecule has 0 bridgehead atoms. The van der Waals surface area contributed by atoms with Crippen molar-refractivity contribution in [2.75, 3.05) is 6.54 Å². The predicted molar refractivity (Wildman–Crippen MR) is 74.2 cm³/mol. The van der Waals surface area contributed by atoms with Crippen molar-refractivity contribution in [3.05, 3.63) is 36.0 Å². The van der Waals surface area contributed by atoms with Crippen molar-refractivity contribution in [3.8, 4) is 0 Å². The number of nitrogens with zero attached hydrogens (tertiary/aromatic N) is 1. The van der Waals surface area contributed by atoms with Crippen LogP contribution in [-0.2, 0) is 13.0 Å². The van der Waals surface area contributed by atoms with Crippen LogP contribution in [0, 0.1) is 0 Å². The molecule has 0 saturated heterocycles. The summed E-state index contributed by atoms with van der Waals surface area (Å²) in [4.78, 5) is 0. The van der Waals surface area contributed by atoms with Crippen LogP contribution >= 0.6 is 0 Å². The predicted octanol–water partition coefficient (Wildman–Crippen LogP) is 3.33. The molecule has 0 aliphatic heterocycles. The summed E-state index contributed by atoms with van der Waals surface area (Å²) in [6.07, 6.45) is 7.10. The Balaban J connectivity index is 2.28. The van der Waals surface area contributed by atoms with Gasteiger partial charge in [-0.3, -0.25) is 0 Å². The van der Waals surface area contributed by atoms with Gasteiger partial charge in [0.2, 0.25) is 0 Å². The number of rotatable bonds is 6. The molecule has 0 saturated carbocycles. The molecule has 0 aliphatic carbocycles. The molecular weight excluding hydrogens is 208 g/mol. The summed E-state index contributed by atoms with van der Waals surface area (Å²) in [6, 6.07) is 8.64. The van der Waals surface area contributed by atoms with Gasteiger partial charge in [-0.15, -0.1) is 0 Å². The first-order chi connectivity index (χ1) is 8.36. The van der Waals surface area contributed by atoms with Gasteiger partial charge in [-0.1, -0.05) is 38.0 Å². The van der Waals surface area contributed by atoms with Gasteiger partial charge in [-0.2, -0.15) is 0 Å². The highest BCUT2D eigenvalue weighted by molar-refractivity contribution is 5.84. The summed E-state index contributed by atoms with van der Waals surface area (Å²) in [6.45, 7) is 4.09. The number of aryl methyl sites for hydroxylation is 1. The highest BCUT2D eigenvalue weighted by Gasteiger charge is 2.06. The van der Waals surface area contributed by atoms with Crippen LogP contribution in [0.2, 0.25) is 0 Å². The number of hydrogen-bond acceptors (Lipinski definition) is 1. The molecule has 0 amide bonds. The van der Waals surface area contributed by atoms with E-state index in [1.165, 1.54) is 35.7 Å². The number of para-hydroxylation sites is 1. The zero-order valence-electron chi connectivity index (χ0n) is 10.7. The molecule has 17 heavy (non-hydrogen) atoms. The summed E-state index contributed by atoms with van der Waals surface area (Å²) in [7, 11) is 0. The van der Waals surface area contributed by atoms with E-state index in [4.69, 9.17) is 5.73 Å². The lowest BCUT2D eigenvalue weighted by atomic mass is 10.1. The van der Waals surface area contributed by atoms with Crippen molar-refractivity contribution in [3.63, 3.8) is 0 Å². The van der Waals surface area contributed by atoms with Gasteiger partial charge in [0.25, 0.3) is 0 Å². The Morgan fingerprint density at radius 2 is 2.00 bits per heavy atom. The maximum atomic E-state index is 5.67. The molecule has 2 aromatic rings. The lowest BCUT2D eigenvalue weighted by Gasteiger charge is -2.03. The molecule has 1 aromatic heterocycles. The van der Waals surface area contributed by atoms with Crippen LogP contribution in [0.4, 0.5) is 0 Å². The van der Waals surface area contributed by atoms with Crippen molar-refractivity contribution in [1.82, 2.24) is 4.57 Å². The quantitative estimate of drug-likeness (QED) is 0.758. The fraction of sp³-hybridized carbons (Fsp3) is 0.467. The minimum absolute atomic E-state index is 0.725. The SMILES string of the molecule is CCCCCn1cc(CCN)c2ccccc21. The first-order valence-corrected chi connectivity index (χ1v) is 6.63. The minimum Gasteiger partial charge on any atom is -0.347 e. The molecule has 0 radical (unpaired) electrons. The monoisotopic (exact) mass is 230 g/mol. The first-order valence-electron chi connectivity index (χ1n) is 6.63. The molecular formula is C15H22N2. The number of unbranched alkanes of at least 4 members (excludes halogenated alkanes) is 2. The number of nitrogens with two attached hydrogens (primary N) is 1. The molecule has 2 nitrogen and oxygen atoms in total. The van der Waals surface area contributed by atoms with Crippen LogP contribution in [0.1, 0.15) is 31.7 Å². The summed E-state index contributed by atoms with van der Waals surface area (Å²) >= 11 is 0. The van der Waals surface area contributed by atoms with Crippen molar-refractivity contribution in [1.29, 1.82) is 0 Å². The van der Waals surface area contributed by atoms with Gasteiger partial charge in [-0.25, -0.2) is 0 Å². The van der Waals surface area contributed by atoms with Crippen LogP contribution in [0.3, 0.4) is 0 Å². The van der Waals surface area contributed by atoms with E-state index in [1.807, 2.05) is 0 Å². The van der Waals surface area contributed by atoms with Gasteiger partial charge in [0.1, 0.15) is 0 Å². The summed E-state index contributed by atoms with van der Waals surface area (Å²) in [5.74, 6) is 0. The molecule has 1 heterocycles. The fourth-order valence-corrected chi connectivity index (χ4v) is 2.39. The Morgan fingerprint density at radius 3 is 2.76 bits per heavy atom. The van der Waals surface area contributed by atoms with Gasteiger partial charge in [0.05, 0.1) is 0 Å². The van der Waals surface area contributed by atoms with Crippen LogP contribution in [0.25, 0.3) is 10.9 Å². The number of hydrogen-bond donors (Lipinski definition) is 1. The maximum Gasteiger partial charge on any atom is 0.0483 e. The number of benzene rings is 1. The van der Waals surface area contributed by atoms with E-state index in [0.29, 0.717) is 0 Å². The third-order valence-corrected chi connectivity index (χ3v) is 3.29.